The predicted molar refractivity (Wildman–Crippen MR) is 85.0 cm³/mol. The van der Waals surface area contributed by atoms with Gasteiger partial charge in [-0.25, -0.2) is 4.79 Å². The number of nitrogens with one attached hydrogen (secondary N) is 1. The van der Waals surface area contributed by atoms with Gasteiger partial charge in [-0.1, -0.05) is 13.8 Å². The van der Waals surface area contributed by atoms with E-state index in [2.05, 4.69) is 5.32 Å². The molecule has 0 spiro atoms. The monoisotopic (exact) mass is 317 g/mol. The van der Waals surface area contributed by atoms with Crippen LogP contribution in [0.2, 0.25) is 0 Å². The Bertz CT molecular complexity index is 666. The molecule has 0 saturated heterocycles. The molecule has 1 heterocycles. The third-order valence-electron chi connectivity index (χ3n) is 3.30. The molecule has 0 radical (unpaired) electrons. The summed E-state index contributed by atoms with van der Waals surface area (Å²) in [6.45, 7) is 3.59. The Morgan fingerprint density at radius 1 is 1.17 bits per heavy atom. The lowest BCUT2D eigenvalue weighted by molar-refractivity contribution is -0.139. The second-order valence-electron chi connectivity index (χ2n) is 4.93. The molecule has 2 N–H and O–H groups in total. The highest BCUT2D eigenvalue weighted by Gasteiger charge is 2.15. The van der Waals surface area contributed by atoms with Gasteiger partial charge >= 0.3 is 5.97 Å². The normalized spacial score (nSPS) is 10.3. The molecule has 0 saturated carbocycles. The lowest BCUT2D eigenvalue weighted by Crippen LogP contribution is -2.11. The average Bonchev–Trinajstić information content (AvgIpc) is 2.97. The zero-order chi connectivity index (χ0) is 16.8. The molecule has 1 aromatic carbocycles. The van der Waals surface area contributed by atoms with Gasteiger partial charge in [0, 0.05) is 12.1 Å². The Balaban J connectivity index is 2.02. The number of hydrogen-bond acceptors (Lipinski definition) is 4. The van der Waals surface area contributed by atoms with Crippen LogP contribution >= 0.6 is 0 Å². The summed E-state index contributed by atoms with van der Waals surface area (Å²) in [4.78, 5) is 22.6. The SMILES string of the molecule is CCc1cc(C(=O)Nc2ccc(OCC(=O)O)cc2)oc1CC. The average molecular weight is 317 g/mol. The van der Waals surface area contributed by atoms with Crippen LogP contribution in [0.4, 0.5) is 5.69 Å². The van der Waals surface area contributed by atoms with Gasteiger partial charge in [0.15, 0.2) is 12.4 Å². The van der Waals surface area contributed by atoms with Crippen LogP contribution < -0.4 is 10.1 Å². The number of ether oxygens (including phenoxy) is 1. The maximum absolute atomic E-state index is 12.2. The molecule has 6 nitrogen and oxygen atoms in total. The van der Waals surface area contributed by atoms with Crippen molar-refractivity contribution < 1.29 is 23.8 Å². The Kier molecular flexibility index (Phi) is 5.41. The Labute approximate surface area is 134 Å². The summed E-state index contributed by atoms with van der Waals surface area (Å²) in [5.74, 6) is 0.169. The second kappa shape index (κ2) is 7.49. The highest BCUT2D eigenvalue weighted by molar-refractivity contribution is 6.02. The molecule has 0 unspecified atom stereocenters. The molecule has 0 atom stereocenters. The fraction of sp³-hybridized carbons (Fsp3) is 0.294. The summed E-state index contributed by atoms with van der Waals surface area (Å²) in [5, 5.41) is 11.3. The maximum atomic E-state index is 12.2. The number of furan rings is 1. The molecule has 0 aliphatic heterocycles. The maximum Gasteiger partial charge on any atom is 0.341 e. The first-order valence-corrected chi connectivity index (χ1v) is 7.41. The minimum atomic E-state index is -1.04. The van der Waals surface area contributed by atoms with Gasteiger partial charge < -0.3 is 19.6 Å². The van der Waals surface area contributed by atoms with Crippen LogP contribution in [0, 0.1) is 0 Å². The number of rotatable bonds is 7. The van der Waals surface area contributed by atoms with Crippen LogP contribution in [0.5, 0.6) is 5.75 Å². The number of benzene rings is 1. The lowest BCUT2D eigenvalue weighted by atomic mass is 10.1. The summed E-state index contributed by atoms with van der Waals surface area (Å²) < 4.78 is 10.6. The van der Waals surface area contributed by atoms with E-state index in [0.717, 1.165) is 24.2 Å². The molecule has 1 amide bonds. The molecule has 122 valence electrons. The minimum absolute atomic E-state index is 0.282. The van der Waals surface area contributed by atoms with E-state index in [9.17, 15) is 9.59 Å². The highest BCUT2D eigenvalue weighted by atomic mass is 16.5. The van der Waals surface area contributed by atoms with Gasteiger partial charge in [0.05, 0.1) is 0 Å². The van der Waals surface area contributed by atoms with Gasteiger partial charge in [0.1, 0.15) is 11.5 Å². The van der Waals surface area contributed by atoms with Crippen LogP contribution in [-0.2, 0) is 17.6 Å². The number of aryl methyl sites for hydroxylation is 2. The van der Waals surface area contributed by atoms with Crippen LogP contribution in [0.1, 0.15) is 35.7 Å². The molecular weight excluding hydrogens is 298 g/mol. The first-order chi connectivity index (χ1) is 11.0. The van der Waals surface area contributed by atoms with Crippen molar-refractivity contribution in [3.8, 4) is 5.75 Å². The van der Waals surface area contributed by atoms with E-state index >= 15 is 0 Å². The topological polar surface area (TPSA) is 88.8 Å². The van der Waals surface area contributed by atoms with Gasteiger partial charge in [-0.05, 0) is 42.3 Å². The van der Waals surface area contributed by atoms with Crippen LogP contribution in [0.3, 0.4) is 0 Å². The Hall–Kier alpha value is -2.76. The largest absolute Gasteiger partial charge is 0.482 e. The van der Waals surface area contributed by atoms with Crippen molar-refractivity contribution in [2.24, 2.45) is 0 Å². The first-order valence-electron chi connectivity index (χ1n) is 7.41. The molecule has 0 fully saturated rings. The van der Waals surface area contributed by atoms with Crippen molar-refractivity contribution >= 4 is 17.6 Å². The van der Waals surface area contributed by atoms with Gasteiger partial charge in [0.25, 0.3) is 5.91 Å². The van der Waals surface area contributed by atoms with Gasteiger partial charge in [-0.15, -0.1) is 0 Å². The number of amides is 1. The van der Waals surface area contributed by atoms with Crippen molar-refractivity contribution in [2.45, 2.75) is 26.7 Å². The Morgan fingerprint density at radius 2 is 1.87 bits per heavy atom. The smallest absolute Gasteiger partial charge is 0.341 e. The van der Waals surface area contributed by atoms with Crippen molar-refractivity contribution in [3.63, 3.8) is 0 Å². The number of carboxylic acid groups (broad SMARTS) is 1. The third-order valence-corrected chi connectivity index (χ3v) is 3.30. The molecule has 2 rings (SSSR count). The molecule has 1 aromatic heterocycles. The summed E-state index contributed by atoms with van der Waals surface area (Å²) in [6, 6.07) is 8.22. The summed E-state index contributed by atoms with van der Waals surface area (Å²) >= 11 is 0. The molecule has 0 aliphatic rings. The zero-order valence-corrected chi connectivity index (χ0v) is 13.1. The molecule has 0 bridgehead atoms. The van der Waals surface area contributed by atoms with Crippen molar-refractivity contribution in [1.29, 1.82) is 0 Å². The number of carbonyl (C=O) groups is 2. The van der Waals surface area contributed by atoms with E-state index in [1.165, 1.54) is 0 Å². The van der Waals surface area contributed by atoms with Gasteiger partial charge in [0.2, 0.25) is 0 Å². The standard InChI is InChI=1S/C17H19NO5/c1-3-11-9-15(23-14(11)4-2)17(21)18-12-5-7-13(8-6-12)22-10-16(19)20/h5-9H,3-4,10H2,1-2H3,(H,18,21)(H,19,20). The highest BCUT2D eigenvalue weighted by Crippen LogP contribution is 2.20. The number of anilines is 1. The molecule has 0 aliphatic carbocycles. The van der Waals surface area contributed by atoms with Crippen molar-refractivity contribution in [2.75, 3.05) is 11.9 Å². The minimum Gasteiger partial charge on any atom is -0.482 e. The summed E-state index contributed by atoms with van der Waals surface area (Å²) in [5.41, 5.74) is 1.61. The summed E-state index contributed by atoms with van der Waals surface area (Å²) in [6.07, 6.45) is 1.56. The fourth-order valence-electron chi connectivity index (χ4n) is 2.15. The first kappa shape index (κ1) is 16.6. The van der Waals surface area contributed by atoms with E-state index < -0.39 is 12.6 Å². The van der Waals surface area contributed by atoms with E-state index in [4.69, 9.17) is 14.3 Å². The van der Waals surface area contributed by atoms with Crippen LogP contribution in [0.15, 0.2) is 34.7 Å². The van der Waals surface area contributed by atoms with Crippen LogP contribution in [-0.4, -0.2) is 23.6 Å². The van der Waals surface area contributed by atoms with Crippen molar-refractivity contribution in [1.82, 2.24) is 0 Å². The quantitative estimate of drug-likeness (QED) is 0.819. The van der Waals surface area contributed by atoms with E-state index in [0.29, 0.717) is 11.4 Å². The van der Waals surface area contributed by atoms with E-state index in [1.807, 2.05) is 13.8 Å². The number of carboxylic acids is 1. The predicted octanol–water partition coefficient (Wildman–Crippen LogP) is 3.12. The van der Waals surface area contributed by atoms with Gasteiger partial charge in [-0.2, -0.15) is 0 Å². The summed E-state index contributed by atoms with van der Waals surface area (Å²) in [7, 11) is 0. The number of hydrogen-bond donors (Lipinski definition) is 2. The number of carbonyl (C=O) groups excluding carboxylic acids is 1. The molecule has 23 heavy (non-hydrogen) atoms. The van der Waals surface area contributed by atoms with E-state index in [-0.39, 0.29) is 11.7 Å². The number of aliphatic carboxylic acids is 1. The molecule has 6 heteroatoms. The van der Waals surface area contributed by atoms with Crippen LogP contribution in [0.25, 0.3) is 0 Å². The fourth-order valence-corrected chi connectivity index (χ4v) is 2.15. The van der Waals surface area contributed by atoms with Crippen molar-refractivity contribution in [3.05, 3.63) is 47.4 Å². The Morgan fingerprint density at radius 3 is 2.39 bits per heavy atom. The van der Waals surface area contributed by atoms with E-state index in [1.54, 1.807) is 30.3 Å². The van der Waals surface area contributed by atoms with Gasteiger partial charge in [-0.3, -0.25) is 4.79 Å². The molecule has 2 aromatic rings. The molecular formula is C17H19NO5. The zero-order valence-electron chi connectivity index (χ0n) is 13.1. The second-order valence-corrected chi connectivity index (χ2v) is 4.93. The lowest BCUT2D eigenvalue weighted by Gasteiger charge is -2.06. The third kappa shape index (κ3) is 4.35.